The van der Waals surface area contributed by atoms with Crippen LogP contribution < -0.4 is 4.74 Å². The molecule has 0 aliphatic heterocycles. The van der Waals surface area contributed by atoms with Crippen LogP contribution in [0.15, 0.2) is 16.8 Å². The fourth-order valence-electron chi connectivity index (χ4n) is 3.74. The van der Waals surface area contributed by atoms with E-state index in [9.17, 15) is 18.0 Å². The van der Waals surface area contributed by atoms with Gasteiger partial charge in [-0.3, -0.25) is 9.78 Å². The number of halogens is 3. The van der Waals surface area contributed by atoms with Crippen molar-refractivity contribution in [2.45, 2.75) is 76.5 Å². The second-order valence-corrected chi connectivity index (χ2v) is 8.61. The molecule has 30 heavy (non-hydrogen) atoms. The van der Waals surface area contributed by atoms with Crippen LogP contribution in [-0.4, -0.2) is 33.2 Å². The molecule has 1 unspecified atom stereocenters. The van der Waals surface area contributed by atoms with Gasteiger partial charge in [-0.2, -0.15) is 18.2 Å². The van der Waals surface area contributed by atoms with E-state index >= 15 is 0 Å². The molecule has 0 amide bonds. The summed E-state index contributed by atoms with van der Waals surface area (Å²) in [5.74, 6) is 1.10. The highest BCUT2D eigenvalue weighted by atomic mass is 19.4. The Kier molecular flexibility index (Phi) is 5.10. The minimum Gasteiger partial charge on any atom is -0.481 e. The molecule has 2 aromatic heterocycles. The SMILES string of the molecule is Cc1nc(C(C)(CC(=O)c2cc(O[C@@H](C)C(F)(F)F)c(C3CC3)cn2)C2CC2)no1. The van der Waals surface area contributed by atoms with Crippen LogP contribution in [0.3, 0.4) is 0 Å². The van der Waals surface area contributed by atoms with Crippen molar-refractivity contribution in [1.29, 1.82) is 0 Å². The lowest BCUT2D eigenvalue weighted by Crippen LogP contribution is -2.32. The monoisotopic (exact) mass is 423 g/mol. The molecule has 0 radical (unpaired) electrons. The first kappa shape index (κ1) is 20.8. The average Bonchev–Trinajstić information content (AvgIpc) is 3.58. The van der Waals surface area contributed by atoms with Gasteiger partial charge in [0, 0.05) is 36.6 Å². The second-order valence-electron chi connectivity index (χ2n) is 8.61. The van der Waals surface area contributed by atoms with Crippen molar-refractivity contribution in [3.63, 3.8) is 0 Å². The van der Waals surface area contributed by atoms with Crippen molar-refractivity contribution < 1.29 is 27.2 Å². The maximum absolute atomic E-state index is 13.1. The number of carbonyl (C=O) groups is 1. The topological polar surface area (TPSA) is 78.1 Å². The molecule has 0 bridgehead atoms. The lowest BCUT2D eigenvalue weighted by Gasteiger charge is -2.25. The number of alkyl halides is 3. The second kappa shape index (κ2) is 7.35. The Morgan fingerprint density at radius 2 is 2.00 bits per heavy atom. The van der Waals surface area contributed by atoms with E-state index in [0.717, 1.165) is 32.6 Å². The van der Waals surface area contributed by atoms with E-state index in [1.165, 1.54) is 12.3 Å². The first-order valence-electron chi connectivity index (χ1n) is 10.1. The molecule has 2 atom stereocenters. The molecule has 2 saturated carbocycles. The Morgan fingerprint density at radius 3 is 2.53 bits per heavy atom. The van der Waals surface area contributed by atoms with E-state index in [2.05, 4.69) is 15.1 Å². The van der Waals surface area contributed by atoms with Gasteiger partial charge in [0.1, 0.15) is 11.4 Å². The van der Waals surface area contributed by atoms with Crippen molar-refractivity contribution in [2.75, 3.05) is 0 Å². The van der Waals surface area contributed by atoms with Gasteiger partial charge in [0.15, 0.2) is 17.7 Å². The highest BCUT2D eigenvalue weighted by Gasteiger charge is 2.47. The van der Waals surface area contributed by atoms with Gasteiger partial charge in [0.05, 0.1) is 0 Å². The van der Waals surface area contributed by atoms with Crippen molar-refractivity contribution in [3.05, 3.63) is 35.2 Å². The largest absolute Gasteiger partial charge is 0.481 e. The summed E-state index contributed by atoms with van der Waals surface area (Å²) < 4.78 is 49.4. The Morgan fingerprint density at radius 1 is 1.30 bits per heavy atom. The normalized spacial score (nSPS) is 19.9. The van der Waals surface area contributed by atoms with E-state index in [0.29, 0.717) is 17.3 Å². The number of hydrogen-bond donors (Lipinski definition) is 0. The van der Waals surface area contributed by atoms with Crippen LogP contribution in [0, 0.1) is 12.8 Å². The van der Waals surface area contributed by atoms with Crippen molar-refractivity contribution >= 4 is 5.78 Å². The Bertz CT molecular complexity index is 950. The summed E-state index contributed by atoms with van der Waals surface area (Å²) in [6.45, 7) is 4.57. The summed E-state index contributed by atoms with van der Waals surface area (Å²) in [6, 6.07) is 1.35. The van der Waals surface area contributed by atoms with Crippen LogP contribution in [0.2, 0.25) is 0 Å². The molecule has 2 fully saturated rings. The number of ketones is 1. The first-order valence-corrected chi connectivity index (χ1v) is 10.1. The third-order valence-corrected chi connectivity index (χ3v) is 6.01. The molecule has 4 rings (SSSR count). The third kappa shape index (κ3) is 4.20. The number of rotatable bonds is 8. The summed E-state index contributed by atoms with van der Waals surface area (Å²) in [5, 5.41) is 4.02. The van der Waals surface area contributed by atoms with Crippen LogP contribution in [0.1, 0.15) is 79.6 Å². The molecular formula is C21H24F3N3O3. The molecule has 2 heterocycles. The van der Waals surface area contributed by atoms with Crippen molar-refractivity contribution in [1.82, 2.24) is 15.1 Å². The van der Waals surface area contributed by atoms with E-state index < -0.39 is 17.7 Å². The van der Waals surface area contributed by atoms with Gasteiger partial charge >= 0.3 is 6.18 Å². The maximum atomic E-state index is 13.1. The number of ether oxygens (including phenoxy) is 1. The molecule has 0 spiro atoms. The molecule has 2 aliphatic rings. The molecule has 162 valence electrons. The van der Waals surface area contributed by atoms with Crippen LogP contribution in [0.4, 0.5) is 13.2 Å². The fraction of sp³-hybridized carbons (Fsp3) is 0.619. The fourth-order valence-corrected chi connectivity index (χ4v) is 3.74. The van der Waals surface area contributed by atoms with E-state index in [-0.39, 0.29) is 35.5 Å². The molecule has 6 nitrogen and oxygen atoms in total. The summed E-state index contributed by atoms with van der Waals surface area (Å²) in [4.78, 5) is 21.7. The molecular weight excluding hydrogens is 399 g/mol. The summed E-state index contributed by atoms with van der Waals surface area (Å²) in [7, 11) is 0. The standard InChI is InChI=1S/C21H24F3N3O3/c1-11(21(22,23)24)29-18-8-16(25-10-15(18)13-4-5-13)17(28)9-20(3,14-6-7-14)19-26-12(2)30-27-19/h8,10-11,13-14H,4-7,9H2,1-3H3/t11-,20?/m0/s1. The number of carbonyl (C=O) groups excluding carboxylic acids is 1. The van der Waals surface area contributed by atoms with Crippen LogP contribution in [-0.2, 0) is 5.41 Å². The molecule has 2 aromatic rings. The average molecular weight is 423 g/mol. The maximum Gasteiger partial charge on any atom is 0.425 e. The van der Waals surface area contributed by atoms with Gasteiger partial charge in [0.2, 0.25) is 5.89 Å². The summed E-state index contributed by atoms with van der Waals surface area (Å²) in [6.07, 6.45) is -1.21. The van der Waals surface area contributed by atoms with E-state index in [1.54, 1.807) is 6.92 Å². The van der Waals surface area contributed by atoms with Crippen LogP contribution >= 0.6 is 0 Å². The predicted molar refractivity (Wildman–Crippen MR) is 100 cm³/mol. The zero-order chi connectivity index (χ0) is 21.7. The quantitative estimate of drug-likeness (QED) is 0.561. The highest BCUT2D eigenvalue weighted by molar-refractivity contribution is 5.95. The minimum absolute atomic E-state index is 0.0872. The summed E-state index contributed by atoms with van der Waals surface area (Å²) in [5.41, 5.74) is 0.114. The predicted octanol–water partition coefficient (Wildman–Crippen LogP) is 4.92. The van der Waals surface area contributed by atoms with Gasteiger partial charge in [-0.15, -0.1) is 0 Å². The van der Waals surface area contributed by atoms with Crippen molar-refractivity contribution in [3.8, 4) is 5.75 Å². The van der Waals surface area contributed by atoms with Crippen LogP contribution in [0.25, 0.3) is 0 Å². The number of hydrogen-bond acceptors (Lipinski definition) is 6. The Hall–Kier alpha value is -2.45. The highest BCUT2D eigenvalue weighted by Crippen LogP contribution is 2.49. The number of aryl methyl sites for hydroxylation is 1. The summed E-state index contributed by atoms with van der Waals surface area (Å²) >= 11 is 0. The Labute approximate surface area is 172 Å². The lowest BCUT2D eigenvalue weighted by atomic mass is 9.78. The van der Waals surface area contributed by atoms with Gasteiger partial charge in [-0.05, 0) is 44.4 Å². The van der Waals surface area contributed by atoms with Gasteiger partial charge in [-0.1, -0.05) is 12.1 Å². The smallest absolute Gasteiger partial charge is 0.425 e. The number of Topliss-reactive ketones (excluding diaryl/α,β-unsaturated/α-hetero) is 1. The molecule has 0 saturated heterocycles. The molecule has 2 aliphatic carbocycles. The molecule has 0 N–H and O–H groups in total. The number of nitrogens with zero attached hydrogens (tertiary/aromatic N) is 3. The molecule has 0 aromatic carbocycles. The van der Waals surface area contributed by atoms with Crippen LogP contribution in [0.5, 0.6) is 5.75 Å². The molecule has 9 heteroatoms. The van der Waals surface area contributed by atoms with E-state index in [4.69, 9.17) is 9.26 Å². The number of aromatic nitrogens is 3. The zero-order valence-corrected chi connectivity index (χ0v) is 17.1. The Balaban J connectivity index is 1.60. The lowest BCUT2D eigenvalue weighted by molar-refractivity contribution is -0.189. The van der Waals surface area contributed by atoms with Crippen molar-refractivity contribution in [2.24, 2.45) is 5.92 Å². The first-order chi connectivity index (χ1) is 14.1. The van der Waals surface area contributed by atoms with Gasteiger partial charge < -0.3 is 9.26 Å². The number of pyridine rings is 1. The minimum atomic E-state index is -4.49. The van der Waals surface area contributed by atoms with Gasteiger partial charge in [-0.25, -0.2) is 0 Å². The third-order valence-electron chi connectivity index (χ3n) is 6.01. The van der Waals surface area contributed by atoms with Gasteiger partial charge in [0.25, 0.3) is 0 Å². The van der Waals surface area contributed by atoms with E-state index in [1.807, 2.05) is 6.92 Å². The zero-order valence-electron chi connectivity index (χ0n) is 17.1.